The van der Waals surface area contributed by atoms with Crippen LogP contribution in [0.1, 0.15) is 43.4 Å². The molecular formula is C26H30N4O4S2. The number of hydrogen-bond donors (Lipinski definition) is 1. The highest BCUT2D eigenvalue weighted by atomic mass is 32.3. The van der Waals surface area contributed by atoms with Gasteiger partial charge in [0.2, 0.25) is 10.0 Å². The van der Waals surface area contributed by atoms with Crippen molar-refractivity contribution in [2.24, 2.45) is 0 Å². The second-order valence-electron chi connectivity index (χ2n) is 9.10. The first-order valence-electron chi connectivity index (χ1n) is 11.7. The number of nitrogens with zero attached hydrogens (tertiary/aromatic N) is 3. The molecule has 0 aliphatic carbocycles. The molecule has 0 fully saturated rings. The van der Waals surface area contributed by atoms with Crippen molar-refractivity contribution in [3.63, 3.8) is 0 Å². The summed E-state index contributed by atoms with van der Waals surface area (Å²) in [5, 5.41) is -0.905. The number of rotatable bonds is 8. The Hall–Kier alpha value is -3.08. The molecule has 2 heterocycles. The summed E-state index contributed by atoms with van der Waals surface area (Å²) < 4.78 is 55.7. The molecule has 8 nitrogen and oxygen atoms in total. The summed E-state index contributed by atoms with van der Waals surface area (Å²) >= 11 is 0. The van der Waals surface area contributed by atoms with Crippen LogP contribution in [0.15, 0.2) is 59.5 Å². The standard InChI is InChI=1S/C26H30N4O4S2/c1-6-24-28-25-18(4)14-19(5)27-26(25)30(24)16-20-12-13-22(21-10-8-7-9-11-21)23(15-20)36(33,34)29-35(31,32)17(2)3/h7-15,17,29H,6,16H2,1-5H3. The number of fused-ring (bicyclic) bond motifs is 1. The molecular weight excluding hydrogens is 496 g/mol. The van der Waals surface area contributed by atoms with E-state index in [0.29, 0.717) is 29.7 Å². The maximum absolute atomic E-state index is 13.4. The van der Waals surface area contributed by atoms with E-state index in [-0.39, 0.29) is 4.90 Å². The van der Waals surface area contributed by atoms with E-state index in [4.69, 9.17) is 9.97 Å². The van der Waals surface area contributed by atoms with Gasteiger partial charge in [0.1, 0.15) is 11.3 Å². The van der Waals surface area contributed by atoms with Crippen LogP contribution in [0.5, 0.6) is 0 Å². The topological polar surface area (TPSA) is 111 Å². The molecule has 0 aliphatic rings. The van der Waals surface area contributed by atoms with Crippen molar-refractivity contribution in [2.45, 2.75) is 57.7 Å². The van der Waals surface area contributed by atoms with Crippen molar-refractivity contribution in [2.75, 3.05) is 0 Å². The minimum Gasteiger partial charge on any atom is -0.308 e. The summed E-state index contributed by atoms with van der Waals surface area (Å²) in [6, 6.07) is 16.1. The normalized spacial score (nSPS) is 12.5. The van der Waals surface area contributed by atoms with Crippen LogP contribution in [-0.2, 0) is 33.0 Å². The lowest BCUT2D eigenvalue weighted by molar-refractivity contribution is 0.571. The van der Waals surface area contributed by atoms with E-state index in [0.717, 1.165) is 28.2 Å². The van der Waals surface area contributed by atoms with Gasteiger partial charge in [0, 0.05) is 17.7 Å². The summed E-state index contributed by atoms with van der Waals surface area (Å²) in [5.41, 5.74) is 5.22. The third-order valence-electron chi connectivity index (χ3n) is 6.02. The highest BCUT2D eigenvalue weighted by Gasteiger charge is 2.28. The molecule has 0 saturated heterocycles. The van der Waals surface area contributed by atoms with Crippen LogP contribution >= 0.6 is 0 Å². The van der Waals surface area contributed by atoms with Gasteiger partial charge in [0.25, 0.3) is 10.0 Å². The predicted molar refractivity (Wildman–Crippen MR) is 142 cm³/mol. The summed E-state index contributed by atoms with van der Waals surface area (Å²) in [4.78, 5) is 9.36. The van der Waals surface area contributed by atoms with Gasteiger partial charge in [-0.15, -0.1) is 4.13 Å². The molecule has 0 radical (unpaired) electrons. The Morgan fingerprint density at radius 2 is 1.64 bits per heavy atom. The first-order valence-corrected chi connectivity index (χ1v) is 14.7. The van der Waals surface area contributed by atoms with Crippen LogP contribution in [0.25, 0.3) is 22.3 Å². The Bertz CT molecular complexity index is 1640. The monoisotopic (exact) mass is 526 g/mol. The van der Waals surface area contributed by atoms with Gasteiger partial charge >= 0.3 is 0 Å². The van der Waals surface area contributed by atoms with E-state index in [1.165, 1.54) is 19.9 Å². The summed E-state index contributed by atoms with van der Waals surface area (Å²) in [6.07, 6.45) is 0.677. The predicted octanol–water partition coefficient (Wildman–Crippen LogP) is 4.34. The van der Waals surface area contributed by atoms with Crippen molar-refractivity contribution >= 4 is 31.2 Å². The third kappa shape index (κ3) is 5.07. The number of sulfonamides is 2. The fraction of sp³-hybridized carbons (Fsp3) is 0.308. The lowest BCUT2D eigenvalue weighted by Crippen LogP contribution is -2.36. The average molecular weight is 527 g/mol. The molecule has 0 aliphatic heterocycles. The molecule has 36 heavy (non-hydrogen) atoms. The fourth-order valence-electron chi connectivity index (χ4n) is 4.10. The van der Waals surface area contributed by atoms with Crippen molar-refractivity contribution in [3.8, 4) is 11.1 Å². The van der Waals surface area contributed by atoms with E-state index in [9.17, 15) is 16.8 Å². The quantitative estimate of drug-likeness (QED) is 0.366. The zero-order chi connectivity index (χ0) is 26.3. The zero-order valence-corrected chi connectivity index (χ0v) is 22.6. The number of benzene rings is 2. The summed E-state index contributed by atoms with van der Waals surface area (Å²) in [5.74, 6) is 0.836. The second kappa shape index (κ2) is 9.76. The van der Waals surface area contributed by atoms with Crippen LogP contribution in [0.4, 0.5) is 0 Å². The highest BCUT2D eigenvalue weighted by Crippen LogP contribution is 2.30. The summed E-state index contributed by atoms with van der Waals surface area (Å²) in [6.45, 7) is 9.13. The van der Waals surface area contributed by atoms with Gasteiger partial charge < -0.3 is 4.57 Å². The average Bonchev–Trinajstić information content (AvgIpc) is 3.16. The molecule has 1 N–H and O–H groups in total. The van der Waals surface area contributed by atoms with E-state index in [1.54, 1.807) is 30.3 Å². The highest BCUT2D eigenvalue weighted by molar-refractivity contribution is 8.05. The Morgan fingerprint density at radius 1 is 0.944 bits per heavy atom. The Balaban J connectivity index is 1.88. The molecule has 0 unspecified atom stereocenters. The van der Waals surface area contributed by atoms with E-state index < -0.39 is 25.3 Å². The maximum Gasteiger partial charge on any atom is 0.254 e. The number of nitrogens with one attached hydrogen (secondary N) is 1. The molecule has 2 aromatic heterocycles. The lowest BCUT2D eigenvalue weighted by atomic mass is 10.0. The lowest BCUT2D eigenvalue weighted by Gasteiger charge is -2.16. The van der Waals surface area contributed by atoms with Gasteiger partial charge in [0.05, 0.1) is 16.7 Å². The Labute approximate surface area is 212 Å². The Morgan fingerprint density at radius 3 is 2.28 bits per heavy atom. The van der Waals surface area contributed by atoms with Crippen molar-refractivity contribution in [3.05, 3.63) is 77.2 Å². The number of pyridine rings is 1. The van der Waals surface area contributed by atoms with Crippen molar-refractivity contribution in [1.82, 2.24) is 18.7 Å². The van der Waals surface area contributed by atoms with Crippen LogP contribution in [0, 0.1) is 13.8 Å². The third-order valence-corrected chi connectivity index (χ3v) is 9.99. The van der Waals surface area contributed by atoms with Crippen LogP contribution in [-0.4, -0.2) is 36.6 Å². The number of aromatic nitrogens is 3. The van der Waals surface area contributed by atoms with Crippen LogP contribution in [0.2, 0.25) is 0 Å². The molecule has 190 valence electrons. The number of hydrogen-bond acceptors (Lipinski definition) is 6. The van der Waals surface area contributed by atoms with E-state index in [1.807, 2.05) is 47.7 Å². The maximum atomic E-state index is 13.4. The first kappa shape index (κ1) is 26.0. The molecule has 4 aromatic rings. The van der Waals surface area contributed by atoms with Gasteiger partial charge in [-0.05, 0) is 56.5 Å². The zero-order valence-electron chi connectivity index (χ0n) is 21.0. The van der Waals surface area contributed by atoms with Crippen molar-refractivity contribution in [1.29, 1.82) is 0 Å². The van der Waals surface area contributed by atoms with E-state index in [2.05, 4.69) is 0 Å². The van der Waals surface area contributed by atoms with E-state index >= 15 is 0 Å². The molecule has 4 rings (SSSR count). The Kier molecular flexibility index (Phi) is 7.05. The van der Waals surface area contributed by atoms with Crippen LogP contribution in [0.3, 0.4) is 0 Å². The fourth-order valence-corrected chi connectivity index (χ4v) is 7.24. The minimum absolute atomic E-state index is 0.0989. The first-order chi connectivity index (χ1) is 16.9. The number of imidazole rings is 1. The molecule has 0 amide bonds. The van der Waals surface area contributed by atoms with Crippen LogP contribution < -0.4 is 4.13 Å². The molecule has 0 spiro atoms. The van der Waals surface area contributed by atoms with Gasteiger partial charge in [-0.3, -0.25) is 0 Å². The second-order valence-corrected chi connectivity index (χ2v) is 13.2. The van der Waals surface area contributed by atoms with Gasteiger partial charge in [-0.1, -0.05) is 49.4 Å². The largest absolute Gasteiger partial charge is 0.308 e. The van der Waals surface area contributed by atoms with Gasteiger partial charge in [0.15, 0.2) is 5.65 Å². The molecule has 0 bridgehead atoms. The smallest absolute Gasteiger partial charge is 0.254 e. The molecule has 10 heteroatoms. The minimum atomic E-state index is -4.39. The van der Waals surface area contributed by atoms with Gasteiger partial charge in [-0.25, -0.2) is 26.8 Å². The van der Waals surface area contributed by atoms with Crippen molar-refractivity contribution < 1.29 is 16.8 Å². The van der Waals surface area contributed by atoms with Gasteiger partial charge in [-0.2, -0.15) is 0 Å². The number of aryl methyl sites for hydroxylation is 3. The SMILES string of the molecule is CCc1nc2c(C)cc(C)nc2n1Cc1ccc(-c2ccccc2)c(S(=O)(=O)NS(=O)(=O)C(C)C)c1. The summed E-state index contributed by atoms with van der Waals surface area (Å²) in [7, 11) is -8.47. The molecule has 2 aromatic carbocycles. The molecule has 0 saturated carbocycles. The molecule has 0 atom stereocenters.